The van der Waals surface area contributed by atoms with Crippen LogP contribution in [0.4, 0.5) is 4.39 Å². The molecule has 0 radical (unpaired) electrons. The number of hydrogen-bond acceptors (Lipinski definition) is 5. The molecule has 3 N–H and O–H groups in total. The molecule has 0 bridgehead atoms. The third-order valence-electron chi connectivity index (χ3n) is 6.23. The Kier molecular flexibility index (Phi) is 6.82. The maximum absolute atomic E-state index is 14.2. The van der Waals surface area contributed by atoms with Crippen LogP contribution in [0.1, 0.15) is 53.1 Å². The van der Waals surface area contributed by atoms with Crippen LogP contribution >= 0.6 is 0 Å². The molecule has 1 aromatic carbocycles. The molecule has 0 atom stereocenters. The van der Waals surface area contributed by atoms with Crippen LogP contribution in [0, 0.1) is 11.7 Å². The van der Waals surface area contributed by atoms with E-state index in [2.05, 4.69) is 15.3 Å². The Labute approximate surface area is 192 Å². The number of carbonyl (C=O) groups is 1. The highest BCUT2D eigenvalue weighted by atomic mass is 19.1. The predicted molar refractivity (Wildman–Crippen MR) is 128 cm³/mol. The fourth-order valence-corrected chi connectivity index (χ4v) is 4.57. The van der Waals surface area contributed by atoms with Gasteiger partial charge in [-0.3, -0.25) is 9.79 Å². The summed E-state index contributed by atoms with van der Waals surface area (Å²) in [5.74, 6) is 0.890. The second kappa shape index (κ2) is 9.94. The number of hydrogen-bond donors (Lipinski definition) is 2. The summed E-state index contributed by atoms with van der Waals surface area (Å²) in [5.41, 5.74) is 9.25. The zero-order chi connectivity index (χ0) is 23.4. The van der Waals surface area contributed by atoms with E-state index >= 15 is 0 Å². The van der Waals surface area contributed by atoms with E-state index in [4.69, 9.17) is 10.7 Å². The number of nitrogens with two attached hydrogens (primary N) is 1. The second-order valence-electron chi connectivity index (χ2n) is 8.51. The molecule has 2 heterocycles. The van der Waals surface area contributed by atoms with Gasteiger partial charge < -0.3 is 15.6 Å². The summed E-state index contributed by atoms with van der Waals surface area (Å²) >= 11 is 0. The Morgan fingerprint density at radius 3 is 2.85 bits per heavy atom. The molecule has 1 aliphatic rings. The van der Waals surface area contributed by atoms with Gasteiger partial charge in [0.1, 0.15) is 11.6 Å². The van der Waals surface area contributed by atoms with Crippen LogP contribution < -0.4 is 11.1 Å². The van der Waals surface area contributed by atoms with Crippen molar-refractivity contribution >= 4 is 28.7 Å². The van der Waals surface area contributed by atoms with E-state index in [1.807, 2.05) is 17.7 Å². The number of aromatic nitrogens is 3. The summed E-state index contributed by atoms with van der Waals surface area (Å²) < 4.78 is 16.2. The summed E-state index contributed by atoms with van der Waals surface area (Å²) in [6.07, 6.45) is 10.5. The van der Waals surface area contributed by atoms with Gasteiger partial charge in [-0.25, -0.2) is 14.4 Å². The molecule has 1 amide bonds. The molecule has 0 aliphatic heterocycles. The largest absolute Gasteiger partial charge is 0.404 e. The van der Waals surface area contributed by atoms with Crippen molar-refractivity contribution in [1.29, 1.82) is 0 Å². The highest BCUT2D eigenvalue weighted by Gasteiger charge is 2.22. The summed E-state index contributed by atoms with van der Waals surface area (Å²) in [6.45, 7) is 0.148. The standard InChI is InChI=1S/C25H29FN6O/c1-28-15-19(13-27)18-9-17(10-20(26)12-18)14-30-25(33)23-24-21(7-8-29-23)31-22(32(24)2)11-16-5-3-4-6-16/h7-10,12-13,15-16H,3-6,11,14,27H2,1-2H3,(H,30,33). The molecule has 8 heteroatoms. The van der Waals surface area contributed by atoms with Gasteiger partial charge in [0.05, 0.1) is 11.0 Å². The number of imidazole rings is 1. The quantitative estimate of drug-likeness (QED) is 0.538. The molecule has 3 aromatic rings. The molecule has 33 heavy (non-hydrogen) atoms. The SMILES string of the molecule is CN=CC(=CN)c1cc(F)cc(CNC(=O)c2nccc3nc(CC4CCCC4)n(C)c23)c1. The Morgan fingerprint density at radius 1 is 1.33 bits per heavy atom. The zero-order valence-corrected chi connectivity index (χ0v) is 19.0. The normalized spacial score (nSPS) is 15.1. The van der Waals surface area contributed by atoms with Gasteiger partial charge in [0.2, 0.25) is 0 Å². The Bertz CT molecular complexity index is 1220. The molecule has 0 saturated heterocycles. The third kappa shape index (κ3) is 4.94. The highest BCUT2D eigenvalue weighted by Crippen LogP contribution is 2.29. The number of amides is 1. The average Bonchev–Trinajstić information content (AvgIpc) is 3.43. The van der Waals surface area contributed by atoms with E-state index in [1.165, 1.54) is 44.0 Å². The van der Waals surface area contributed by atoms with E-state index in [-0.39, 0.29) is 12.5 Å². The first-order valence-corrected chi connectivity index (χ1v) is 11.2. The van der Waals surface area contributed by atoms with Crippen LogP contribution in [0.25, 0.3) is 16.6 Å². The maximum Gasteiger partial charge on any atom is 0.272 e. The number of nitrogens with zero attached hydrogens (tertiary/aromatic N) is 4. The van der Waals surface area contributed by atoms with E-state index < -0.39 is 5.82 Å². The lowest BCUT2D eigenvalue weighted by molar-refractivity contribution is 0.0947. The number of allylic oxidation sites excluding steroid dienone is 1. The molecule has 172 valence electrons. The Balaban J connectivity index is 1.55. The number of nitrogens with one attached hydrogen (secondary N) is 1. The monoisotopic (exact) mass is 448 g/mol. The lowest BCUT2D eigenvalue weighted by Gasteiger charge is -2.10. The Hall–Kier alpha value is -3.55. The minimum atomic E-state index is -0.413. The van der Waals surface area contributed by atoms with Gasteiger partial charge in [0.15, 0.2) is 5.69 Å². The first-order valence-electron chi connectivity index (χ1n) is 11.2. The van der Waals surface area contributed by atoms with Crippen molar-refractivity contribution in [3.8, 4) is 0 Å². The van der Waals surface area contributed by atoms with Crippen molar-refractivity contribution in [3.63, 3.8) is 0 Å². The average molecular weight is 449 g/mol. The van der Waals surface area contributed by atoms with Crippen LogP contribution in [0.3, 0.4) is 0 Å². The fourth-order valence-electron chi connectivity index (χ4n) is 4.57. The van der Waals surface area contributed by atoms with Gasteiger partial charge >= 0.3 is 0 Å². The van der Waals surface area contributed by atoms with Crippen molar-refractivity contribution in [2.24, 2.45) is 23.7 Å². The highest BCUT2D eigenvalue weighted by molar-refractivity contribution is 6.09. The third-order valence-corrected chi connectivity index (χ3v) is 6.23. The molecule has 0 unspecified atom stereocenters. The number of fused-ring (bicyclic) bond motifs is 1. The number of benzene rings is 1. The number of pyridine rings is 1. The lowest BCUT2D eigenvalue weighted by Crippen LogP contribution is -2.24. The van der Waals surface area contributed by atoms with Crippen molar-refractivity contribution in [1.82, 2.24) is 19.9 Å². The van der Waals surface area contributed by atoms with Crippen molar-refractivity contribution in [3.05, 3.63) is 65.1 Å². The van der Waals surface area contributed by atoms with Gasteiger partial charge in [0, 0.05) is 51.2 Å². The Morgan fingerprint density at radius 2 is 2.12 bits per heavy atom. The molecule has 2 aromatic heterocycles. The molecule has 1 saturated carbocycles. The summed E-state index contributed by atoms with van der Waals surface area (Å²) in [4.78, 5) is 26.1. The second-order valence-corrected chi connectivity index (χ2v) is 8.51. The summed E-state index contributed by atoms with van der Waals surface area (Å²) in [7, 11) is 3.56. The minimum absolute atomic E-state index is 0.148. The number of rotatable bonds is 7. The van der Waals surface area contributed by atoms with Gasteiger partial charge in [0.25, 0.3) is 5.91 Å². The number of aliphatic imine (C=N–C) groups is 1. The van der Waals surface area contributed by atoms with E-state index in [1.54, 1.807) is 25.5 Å². The van der Waals surface area contributed by atoms with Crippen molar-refractivity contribution in [2.45, 2.75) is 38.6 Å². The van der Waals surface area contributed by atoms with Gasteiger partial charge in [-0.1, -0.05) is 25.7 Å². The van der Waals surface area contributed by atoms with Crippen LogP contribution in [0.15, 0.2) is 41.7 Å². The van der Waals surface area contributed by atoms with Crippen molar-refractivity contribution in [2.75, 3.05) is 7.05 Å². The molecule has 7 nitrogen and oxygen atoms in total. The number of halogens is 1. The van der Waals surface area contributed by atoms with Gasteiger partial charge in [-0.2, -0.15) is 0 Å². The molecular weight excluding hydrogens is 419 g/mol. The first-order chi connectivity index (χ1) is 16.0. The van der Waals surface area contributed by atoms with Crippen LogP contribution in [-0.4, -0.2) is 33.7 Å². The van der Waals surface area contributed by atoms with Gasteiger partial charge in [-0.15, -0.1) is 0 Å². The topological polar surface area (TPSA) is 98.2 Å². The van der Waals surface area contributed by atoms with E-state index in [9.17, 15) is 9.18 Å². The van der Waals surface area contributed by atoms with E-state index in [0.717, 1.165) is 23.3 Å². The van der Waals surface area contributed by atoms with Crippen LogP contribution in [-0.2, 0) is 20.0 Å². The van der Waals surface area contributed by atoms with E-state index in [0.29, 0.717) is 28.3 Å². The van der Waals surface area contributed by atoms with Gasteiger partial charge in [-0.05, 0) is 41.3 Å². The zero-order valence-electron chi connectivity index (χ0n) is 19.0. The number of carbonyl (C=O) groups excluding carboxylic acids is 1. The lowest BCUT2D eigenvalue weighted by atomic mass is 10.0. The summed E-state index contributed by atoms with van der Waals surface area (Å²) in [6, 6.07) is 6.38. The molecular formula is C25H29FN6O. The van der Waals surface area contributed by atoms with Crippen LogP contribution in [0.5, 0.6) is 0 Å². The van der Waals surface area contributed by atoms with Crippen molar-refractivity contribution < 1.29 is 9.18 Å². The maximum atomic E-state index is 14.2. The molecule has 1 aliphatic carbocycles. The molecule has 1 fully saturated rings. The molecule has 0 spiro atoms. The minimum Gasteiger partial charge on any atom is -0.404 e. The molecule has 4 rings (SSSR count). The van der Waals surface area contributed by atoms with Crippen LogP contribution in [0.2, 0.25) is 0 Å². The smallest absolute Gasteiger partial charge is 0.272 e. The predicted octanol–water partition coefficient (Wildman–Crippen LogP) is 3.77. The first kappa shape index (κ1) is 22.6. The fraction of sp³-hybridized carbons (Fsp3) is 0.360. The summed E-state index contributed by atoms with van der Waals surface area (Å²) in [5, 5.41) is 2.87. The number of aryl methyl sites for hydroxylation is 1.